The number of benzene rings is 2. The Labute approximate surface area is 130 Å². The molecule has 0 aliphatic rings. The first-order valence-electron chi connectivity index (χ1n) is 6.52. The molecule has 5 heteroatoms. The van der Waals surface area contributed by atoms with Crippen molar-refractivity contribution in [2.45, 2.75) is 18.9 Å². The smallest absolute Gasteiger partial charge is 0.161 e. The first kappa shape index (κ1) is 15.8. The maximum absolute atomic E-state index is 13.6. The molecule has 21 heavy (non-hydrogen) atoms. The zero-order chi connectivity index (χ0) is 15.2. The van der Waals surface area contributed by atoms with Gasteiger partial charge in [-0.05, 0) is 36.8 Å². The van der Waals surface area contributed by atoms with Gasteiger partial charge in [0.25, 0.3) is 0 Å². The fourth-order valence-electron chi connectivity index (χ4n) is 1.82. The van der Waals surface area contributed by atoms with E-state index in [1.165, 1.54) is 12.1 Å². The molecule has 0 atom stereocenters. The number of ether oxygens (including phenoxy) is 2. The highest BCUT2D eigenvalue weighted by Gasteiger charge is 2.09. The van der Waals surface area contributed by atoms with Crippen LogP contribution < -0.4 is 9.47 Å². The Hall–Kier alpha value is -1.62. The first-order chi connectivity index (χ1) is 10.1. The summed E-state index contributed by atoms with van der Waals surface area (Å²) >= 11 is 3.38. The van der Waals surface area contributed by atoms with Gasteiger partial charge in [-0.15, -0.1) is 0 Å². The third-order valence-electron chi connectivity index (χ3n) is 2.86. The predicted molar refractivity (Wildman–Crippen MR) is 80.9 cm³/mol. The van der Waals surface area contributed by atoms with Gasteiger partial charge < -0.3 is 9.47 Å². The van der Waals surface area contributed by atoms with E-state index in [1.807, 2.05) is 19.1 Å². The van der Waals surface area contributed by atoms with Crippen molar-refractivity contribution in [3.05, 3.63) is 59.2 Å². The molecule has 2 aromatic carbocycles. The number of alkyl halides is 1. The molecule has 112 valence electrons. The van der Waals surface area contributed by atoms with E-state index in [4.69, 9.17) is 9.47 Å². The fourth-order valence-corrected chi connectivity index (χ4v) is 2.17. The van der Waals surface area contributed by atoms with Crippen LogP contribution in [0.2, 0.25) is 0 Å². The van der Waals surface area contributed by atoms with Gasteiger partial charge in [0, 0.05) is 17.0 Å². The minimum atomic E-state index is -0.620. The summed E-state index contributed by atoms with van der Waals surface area (Å²) in [6.45, 7) is 2.40. The third kappa shape index (κ3) is 4.17. The summed E-state index contributed by atoms with van der Waals surface area (Å²) in [5.74, 6) is -0.0831. The second-order valence-electron chi connectivity index (χ2n) is 4.37. The van der Waals surface area contributed by atoms with Gasteiger partial charge >= 0.3 is 0 Å². The van der Waals surface area contributed by atoms with Crippen molar-refractivity contribution in [1.29, 1.82) is 0 Å². The Morgan fingerprint density at radius 1 is 1.00 bits per heavy atom. The van der Waals surface area contributed by atoms with Crippen LogP contribution in [0.1, 0.15) is 18.1 Å². The SMILES string of the molecule is CCOc1cc(CBr)ccc1OCc1ccc(F)cc1F. The van der Waals surface area contributed by atoms with Gasteiger partial charge in [-0.2, -0.15) is 0 Å². The summed E-state index contributed by atoms with van der Waals surface area (Å²) in [5.41, 5.74) is 1.35. The van der Waals surface area contributed by atoms with E-state index in [2.05, 4.69) is 15.9 Å². The third-order valence-corrected chi connectivity index (χ3v) is 3.51. The normalized spacial score (nSPS) is 10.5. The van der Waals surface area contributed by atoms with Crippen molar-refractivity contribution < 1.29 is 18.3 Å². The Morgan fingerprint density at radius 3 is 2.48 bits per heavy atom. The molecule has 0 fully saturated rings. The van der Waals surface area contributed by atoms with E-state index >= 15 is 0 Å². The number of hydrogen-bond donors (Lipinski definition) is 0. The van der Waals surface area contributed by atoms with Crippen LogP contribution >= 0.6 is 15.9 Å². The fraction of sp³-hybridized carbons (Fsp3) is 0.250. The molecule has 0 aliphatic carbocycles. The maximum Gasteiger partial charge on any atom is 0.161 e. The molecule has 0 radical (unpaired) electrons. The van der Waals surface area contributed by atoms with Crippen molar-refractivity contribution in [2.75, 3.05) is 6.61 Å². The van der Waals surface area contributed by atoms with Gasteiger partial charge in [0.05, 0.1) is 6.61 Å². The average molecular weight is 357 g/mol. The number of rotatable bonds is 6. The van der Waals surface area contributed by atoms with Crippen molar-refractivity contribution in [3.63, 3.8) is 0 Å². The molecule has 0 spiro atoms. The van der Waals surface area contributed by atoms with Gasteiger partial charge in [-0.25, -0.2) is 8.78 Å². The van der Waals surface area contributed by atoms with E-state index in [-0.39, 0.29) is 6.61 Å². The van der Waals surface area contributed by atoms with Crippen molar-refractivity contribution in [1.82, 2.24) is 0 Å². The van der Waals surface area contributed by atoms with Gasteiger partial charge in [-0.1, -0.05) is 22.0 Å². The second kappa shape index (κ2) is 7.41. The minimum Gasteiger partial charge on any atom is -0.490 e. The highest BCUT2D eigenvalue weighted by atomic mass is 79.9. The van der Waals surface area contributed by atoms with E-state index < -0.39 is 11.6 Å². The summed E-state index contributed by atoms with van der Waals surface area (Å²) < 4.78 is 37.5. The second-order valence-corrected chi connectivity index (χ2v) is 4.93. The molecule has 0 saturated heterocycles. The van der Waals surface area contributed by atoms with Crippen LogP contribution in [0.5, 0.6) is 11.5 Å². The Kier molecular flexibility index (Phi) is 5.56. The quantitative estimate of drug-likeness (QED) is 0.689. The molecule has 0 bridgehead atoms. The van der Waals surface area contributed by atoms with Gasteiger partial charge in [-0.3, -0.25) is 0 Å². The lowest BCUT2D eigenvalue weighted by Gasteiger charge is -2.13. The zero-order valence-electron chi connectivity index (χ0n) is 11.5. The van der Waals surface area contributed by atoms with Crippen molar-refractivity contribution in [2.24, 2.45) is 0 Å². The topological polar surface area (TPSA) is 18.5 Å². The lowest BCUT2D eigenvalue weighted by atomic mass is 10.2. The van der Waals surface area contributed by atoms with E-state index in [1.54, 1.807) is 6.07 Å². The summed E-state index contributed by atoms with van der Waals surface area (Å²) in [7, 11) is 0. The molecule has 0 saturated carbocycles. The highest BCUT2D eigenvalue weighted by Crippen LogP contribution is 2.30. The monoisotopic (exact) mass is 356 g/mol. The molecule has 0 N–H and O–H groups in total. The molecule has 0 unspecified atom stereocenters. The lowest BCUT2D eigenvalue weighted by Crippen LogP contribution is -2.02. The molecule has 2 aromatic rings. The molecular formula is C16H15BrF2O2. The molecular weight excluding hydrogens is 342 g/mol. The zero-order valence-corrected chi connectivity index (χ0v) is 13.1. The standard InChI is InChI=1S/C16H15BrF2O2/c1-2-20-16-7-11(9-17)3-6-15(16)21-10-12-4-5-13(18)8-14(12)19/h3-8H,2,9-10H2,1H3. The largest absolute Gasteiger partial charge is 0.490 e. The predicted octanol–water partition coefficient (Wildman–Crippen LogP) is 4.84. The summed E-state index contributed by atoms with van der Waals surface area (Å²) in [5, 5.41) is 0.708. The Balaban J connectivity index is 2.15. The maximum atomic E-state index is 13.6. The molecule has 0 aliphatic heterocycles. The number of halogens is 3. The molecule has 2 nitrogen and oxygen atoms in total. The van der Waals surface area contributed by atoms with Crippen molar-refractivity contribution >= 4 is 15.9 Å². The van der Waals surface area contributed by atoms with E-state index in [0.29, 0.717) is 29.0 Å². The Morgan fingerprint density at radius 2 is 1.81 bits per heavy atom. The molecule has 2 rings (SSSR count). The van der Waals surface area contributed by atoms with Crippen LogP contribution in [0.25, 0.3) is 0 Å². The van der Waals surface area contributed by atoms with Crippen LogP contribution in [-0.2, 0) is 11.9 Å². The minimum absolute atomic E-state index is 0.0137. The lowest BCUT2D eigenvalue weighted by molar-refractivity contribution is 0.265. The summed E-state index contributed by atoms with van der Waals surface area (Å²) in [4.78, 5) is 0. The van der Waals surface area contributed by atoms with Gasteiger partial charge in [0.2, 0.25) is 0 Å². The molecule has 0 amide bonds. The molecule has 0 aromatic heterocycles. The molecule has 0 heterocycles. The average Bonchev–Trinajstić information content (AvgIpc) is 2.47. The number of hydrogen-bond acceptors (Lipinski definition) is 2. The van der Waals surface area contributed by atoms with Crippen LogP contribution in [0.3, 0.4) is 0 Å². The summed E-state index contributed by atoms with van der Waals surface area (Å²) in [6, 6.07) is 8.97. The first-order valence-corrected chi connectivity index (χ1v) is 7.64. The Bertz CT molecular complexity index is 617. The highest BCUT2D eigenvalue weighted by molar-refractivity contribution is 9.08. The van der Waals surface area contributed by atoms with Crippen LogP contribution in [0, 0.1) is 11.6 Å². The van der Waals surface area contributed by atoms with Crippen molar-refractivity contribution in [3.8, 4) is 11.5 Å². The van der Waals surface area contributed by atoms with Gasteiger partial charge in [0.15, 0.2) is 11.5 Å². The van der Waals surface area contributed by atoms with Crippen LogP contribution in [0.4, 0.5) is 8.78 Å². The van der Waals surface area contributed by atoms with Gasteiger partial charge in [0.1, 0.15) is 18.2 Å². The van der Waals surface area contributed by atoms with Crippen LogP contribution in [-0.4, -0.2) is 6.61 Å². The van der Waals surface area contributed by atoms with E-state index in [0.717, 1.165) is 11.6 Å². The van der Waals surface area contributed by atoms with E-state index in [9.17, 15) is 8.78 Å². The summed E-state index contributed by atoms with van der Waals surface area (Å²) in [6.07, 6.45) is 0. The van der Waals surface area contributed by atoms with Crippen LogP contribution in [0.15, 0.2) is 36.4 Å².